The van der Waals surface area contributed by atoms with Gasteiger partial charge in [0, 0.05) is 34.9 Å². The van der Waals surface area contributed by atoms with Crippen LogP contribution in [0.15, 0.2) is 75.9 Å². The van der Waals surface area contributed by atoms with Crippen molar-refractivity contribution in [2.45, 2.75) is 37.6 Å². The lowest BCUT2D eigenvalue weighted by Crippen LogP contribution is -2.38. The van der Waals surface area contributed by atoms with E-state index in [4.69, 9.17) is 9.52 Å². The van der Waals surface area contributed by atoms with Gasteiger partial charge in [0.2, 0.25) is 5.91 Å². The van der Waals surface area contributed by atoms with Crippen LogP contribution >= 0.6 is 11.3 Å². The topological polar surface area (TPSA) is 99.9 Å². The van der Waals surface area contributed by atoms with Crippen LogP contribution in [0, 0.1) is 0 Å². The summed E-state index contributed by atoms with van der Waals surface area (Å²) in [6.45, 7) is 0. The van der Waals surface area contributed by atoms with E-state index in [2.05, 4.69) is 5.32 Å². The van der Waals surface area contributed by atoms with E-state index in [0.717, 1.165) is 16.3 Å². The first-order valence-corrected chi connectivity index (χ1v) is 11.6. The zero-order valence-electron chi connectivity index (χ0n) is 17.7. The highest BCUT2D eigenvalue weighted by atomic mass is 32.1. The number of allylic oxidation sites excluding steroid dienone is 1. The summed E-state index contributed by atoms with van der Waals surface area (Å²) >= 11 is 1.47. The van der Waals surface area contributed by atoms with Gasteiger partial charge in [-0.25, -0.2) is 0 Å². The molecule has 2 aromatic heterocycles. The van der Waals surface area contributed by atoms with E-state index < -0.39 is 12.0 Å². The number of para-hydroxylation sites is 2. The van der Waals surface area contributed by atoms with Crippen LogP contribution < -0.4 is 10.2 Å². The number of carbonyl (C=O) groups is 3. The zero-order valence-corrected chi connectivity index (χ0v) is 18.5. The molecule has 7 nitrogen and oxygen atoms in total. The first-order chi connectivity index (χ1) is 16.0. The minimum absolute atomic E-state index is 0.0487. The molecule has 0 saturated carbocycles. The summed E-state index contributed by atoms with van der Waals surface area (Å²) in [6.07, 6.45) is 2.03. The zero-order chi connectivity index (χ0) is 22.9. The Labute approximate surface area is 194 Å². The van der Waals surface area contributed by atoms with Crippen LogP contribution in [0.5, 0.6) is 0 Å². The first kappa shape index (κ1) is 21.2. The van der Waals surface area contributed by atoms with E-state index in [9.17, 15) is 14.4 Å². The average Bonchev–Trinajstić information content (AvgIpc) is 3.49. The van der Waals surface area contributed by atoms with Crippen LogP contribution in [-0.4, -0.2) is 22.8 Å². The summed E-state index contributed by atoms with van der Waals surface area (Å²) in [5, 5.41) is 14.5. The number of ketones is 1. The summed E-state index contributed by atoms with van der Waals surface area (Å²) in [5.74, 6) is -0.750. The van der Waals surface area contributed by atoms with Gasteiger partial charge in [0.1, 0.15) is 11.8 Å². The number of aliphatic carboxylic acids is 1. The molecule has 0 fully saturated rings. The fraction of sp³-hybridized carbons (Fsp3) is 0.240. The van der Waals surface area contributed by atoms with Gasteiger partial charge in [-0.05, 0) is 42.1 Å². The number of nitrogens with zero attached hydrogens (tertiary/aromatic N) is 1. The van der Waals surface area contributed by atoms with E-state index in [1.165, 1.54) is 11.3 Å². The molecule has 33 heavy (non-hydrogen) atoms. The van der Waals surface area contributed by atoms with Gasteiger partial charge in [0.25, 0.3) is 0 Å². The Morgan fingerprint density at radius 3 is 2.67 bits per heavy atom. The molecule has 3 aromatic rings. The van der Waals surface area contributed by atoms with Crippen LogP contribution in [0.2, 0.25) is 0 Å². The summed E-state index contributed by atoms with van der Waals surface area (Å²) in [5.41, 5.74) is 2.66. The maximum Gasteiger partial charge on any atom is 0.303 e. The fourth-order valence-electron chi connectivity index (χ4n) is 4.64. The van der Waals surface area contributed by atoms with Gasteiger partial charge in [0.05, 0.1) is 24.1 Å². The molecule has 1 aromatic carbocycles. The fourth-order valence-corrected chi connectivity index (χ4v) is 5.46. The van der Waals surface area contributed by atoms with Crippen molar-refractivity contribution in [2.24, 2.45) is 0 Å². The van der Waals surface area contributed by atoms with E-state index in [0.29, 0.717) is 23.4 Å². The Kier molecular flexibility index (Phi) is 5.60. The Morgan fingerprint density at radius 2 is 1.94 bits per heavy atom. The molecule has 5 rings (SSSR count). The molecule has 1 aliphatic carbocycles. The highest BCUT2D eigenvalue weighted by Crippen LogP contribution is 2.48. The molecule has 2 N–H and O–H groups in total. The minimum Gasteiger partial charge on any atom is -0.481 e. The molecule has 0 saturated heterocycles. The summed E-state index contributed by atoms with van der Waals surface area (Å²) < 4.78 is 5.59. The third-order valence-corrected chi connectivity index (χ3v) is 6.99. The number of rotatable bonds is 5. The van der Waals surface area contributed by atoms with Crippen molar-refractivity contribution in [1.29, 1.82) is 0 Å². The number of furan rings is 1. The predicted octanol–water partition coefficient (Wildman–Crippen LogP) is 5.11. The largest absolute Gasteiger partial charge is 0.481 e. The van der Waals surface area contributed by atoms with Crippen molar-refractivity contribution in [3.05, 3.63) is 82.1 Å². The van der Waals surface area contributed by atoms with Gasteiger partial charge in [-0.1, -0.05) is 18.2 Å². The normalized spacial score (nSPS) is 20.0. The Hall–Kier alpha value is -3.65. The predicted molar refractivity (Wildman–Crippen MR) is 124 cm³/mol. The van der Waals surface area contributed by atoms with Crippen molar-refractivity contribution < 1.29 is 23.9 Å². The Bertz CT molecular complexity index is 1230. The molecule has 168 valence electrons. The van der Waals surface area contributed by atoms with Gasteiger partial charge in [-0.3, -0.25) is 19.3 Å². The summed E-state index contributed by atoms with van der Waals surface area (Å²) in [7, 11) is 0. The van der Waals surface area contributed by atoms with Crippen LogP contribution in [0.25, 0.3) is 0 Å². The lowest BCUT2D eigenvalue weighted by atomic mass is 9.81. The van der Waals surface area contributed by atoms with Gasteiger partial charge < -0.3 is 14.8 Å². The van der Waals surface area contributed by atoms with Crippen molar-refractivity contribution in [3.63, 3.8) is 0 Å². The number of Topliss-reactive ketones (excluding diaryl/α,β-unsaturated/α-hetero) is 1. The Morgan fingerprint density at radius 1 is 1.09 bits per heavy atom. The lowest BCUT2D eigenvalue weighted by Gasteiger charge is -2.34. The molecule has 8 heteroatoms. The molecular weight excluding hydrogens is 440 g/mol. The molecule has 0 radical (unpaired) electrons. The van der Waals surface area contributed by atoms with E-state index in [-0.39, 0.29) is 36.9 Å². The third kappa shape index (κ3) is 3.98. The maximum absolute atomic E-state index is 13.6. The molecule has 2 atom stereocenters. The molecule has 3 heterocycles. The van der Waals surface area contributed by atoms with Gasteiger partial charge in [-0.2, -0.15) is 0 Å². The monoisotopic (exact) mass is 462 g/mol. The average molecular weight is 463 g/mol. The number of nitrogens with one attached hydrogen (secondary N) is 1. The smallest absolute Gasteiger partial charge is 0.303 e. The molecule has 0 unspecified atom stereocenters. The first-order valence-electron chi connectivity index (χ1n) is 10.8. The van der Waals surface area contributed by atoms with Gasteiger partial charge >= 0.3 is 5.97 Å². The van der Waals surface area contributed by atoms with Crippen LogP contribution in [0.4, 0.5) is 11.4 Å². The Balaban J connectivity index is 1.66. The second kappa shape index (κ2) is 8.71. The summed E-state index contributed by atoms with van der Waals surface area (Å²) in [6, 6.07) is 14.3. The maximum atomic E-state index is 13.6. The summed E-state index contributed by atoms with van der Waals surface area (Å²) in [4.78, 5) is 40.7. The van der Waals surface area contributed by atoms with Gasteiger partial charge in [-0.15, -0.1) is 11.3 Å². The number of benzene rings is 1. The van der Waals surface area contributed by atoms with Crippen molar-refractivity contribution in [1.82, 2.24) is 0 Å². The number of fused-ring (bicyclic) bond motifs is 1. The van der Waals surface area contributed by atoms with Crippen LogP contribution in [0.1, 0.15) is 48.3 Å². The minimum atomic E-state index is -1.04. The van der Waals surface area contributed by atoms with Crippen molar-refractivity contribution >= 4 is 40.4 Å². The van der Waals surface area contributed by atoms with E-state index in [1.54, 1.807) is 11.2 Å². The number of hydrogen-bond acceptors (Lipinski definition) is 6. The molecule has 1 aliphatic heterocycles. The van der Waals surface area contributed by atoms with Gasteiger partial charge in [0.15, 0.2) is 5.78 Å². The number of carboxylic acids is 1. The van der Waals surface area contributed by atoms with E-state index >= 15 is 0 Å². The molecule has 1 amide bonds. The number of anilines is 2. The highest BCUT2D eigenvalue weighted by molar-refractivity contribution is 7.10. The second-order valence-electron chi connectivity index (χ2n) is 8.15. The molecular formula is C25H22N2O5S. The standard InChI is InChI=1S/C25H22N2O5S/c28-19-14-15(20-7-3-11-32-20)13-17-24(19)25(21-8-4-12-33-21)27(22(29)9-10-23(30)31)18-6-2-1-5-16(18)26-17/h1-8,11-12,15,25-26H,9-10,13-14H2,(H,30,31)/t15-,25-/m1/s1. The number of hydrogen-bond donors (Lipinski definition) is 2. The number of thiophene rings is 1. The second-order valence-corrected chi connectivity index (χ2v) is 9.13. The number of carboxylic acid groups (broad SMARTS) is 1. The lowest BCUT2D eigenvalue weighted by molar-refractivity contribution is -0.138. The molecule has 2 aliphatic rings. The quantitative estimate of drug-likeness (QED) is 0.547. The molecule has 0 spiro atoms. The van der Waals surface area contributed by atoms with Crippen molar-refractivity contribution in [2.75, 3.05) is 10.2 Å². The van der Waals surface area contributed by atoms with Crippen LogP contribution in [0.3, 0.4) is 0 Å². The van der Waals surface area contributed by atoms with E-state index in [1.807, 2.05) is 53.9 Å². The third-order valence-electron chi connectivity index (χ3n) is 6.07. The highest BCUT2D eigenvalue weighted by Gasteiger charge is 2.42. The van der Waals surface area contributed by atoms with Crippen LogP contribution in [-0.2, 0) is 14.4 Å². The number of amides is 1. The number of carbonyl (C=O) groups excluding carboxylic acids is 2. The SMILES string of the molecule is O=C(O)CCC(=O)N1c2ccccc2NC2=C(C(=O)C[C@H](c3ccco3)C2)[C@H]1c1cccs1. The molecule has 0 bridgehead atoms. The van der Waals surface area contributed by atoms with Crippen molar-refractivity contribution in [3.8, 4) is 0 Å².